The van der Waals surface area contributed by atoms with Crippen molar-refractivity contribution in [1.29, 1.82) is 0 Å². The van der Waals surface area contributed by atoms with Gasteiger partial charge < -0.3 is 20.7 Å². The van der Waals surface area contributed by atoms with Gasteiger partial charge in [0.05, 0.1) is 18.4 Å². The van der Waals surface area contributed by atoms with Crippen LogP contribution in [0, 0.1) is 0 Å². The summed E-state index contributed by atoms with van der Waals surface area (Å²) in [4.78, 5) is 36.6. The Hall–Kier alpha value is -3.35. The number of carbonyl (C=O) groups is 3. The van der Waals surface area contributed by atoms with Gasteiger partial charge in [0.15, 0.2) is 0 Å². The third-order valence-corrected chi connectivity index (χ3v) is 4.09. The molecule has 0 bridgehead atoms. The molecule has 2 aromatic rings. The summed E-state index contributed by atoms with van der Waals surface area (Å²) in [6.07, 6.45) is 0.300. The Bertz CT molecular complexity index is 833. The Morgan fingerprint density at radius 2 is 1.85 bits per heavy atom. The second-order valence-corrected chi connectivity index (χ2v) is 5.88. The lowest BCUT2D eigenvalue weighted by molar-refractivity contribution is -0.118. The number of methoxy groups -OCH3 is 1. The minimum Gasteiger partial charge on any atom is -0.497 e. The molecule has 0 radical (unpaired) electrons. The van der Waals surface area contributed by atoms with Gasteiger partial charge in [0.25, 0.3) is 5.91 Å². The summed E-state index contributed by atoms with van der Waals surface area (Å²) >= 11 is 0. The molecule has 7 nitrogen and oxygen atoms in total. The first kappa shape index (κ1) is 17.5. The molecule has 1 aliphatic heterocycles. The lowest BCUT2D eigenvalue weighted by atomic mass is 10.1. The molecule has 3 amide bonds. The standard InChI is InChI=1S/C19H19N3O4/c1-26-13-8-6-12(7-9-13)20-17(23)11-10-16-19(25)21-15-5-3-2-4-14(15)18(24)22-16/h2-9,16H,10-11H2,1H3,(H,20,23)(H,21,25)(H,22,24)/t16-/m1/s1. The van der Waals surface area contributed by atoms with E-state index in [-0.39, 0.29) is 30.6 Å². The van der Waals surface area contributed by atoms with Crippen molar-refractivity contribution < 1.29 is 19.1 Å². The van der Waals surface area contributed by atoms with Gasteiger partial charge in [-0.05, 0) is 42.8 Å². The number of amides is 3. The van der Waals surface area contributed by atoms with Gasteiger partial charge in [-0.1, -0.05) is 12.1 Å². The van der Waals surface area contributed by atoms with Crippen LogP contribution < -0.4 is 20.7 Å². The maximum absolute atomic E-state index is 12.3. The molecule has 26 heavy (non-hydrogen) atoms. The van der Waals surface area contributed by atoms with Crippen LogP contribution in [0.1, 0.15) is 23.2 Å². The maximum atomic E-state index is 12.3. The molecule has 3 N–H and O–H groups in total. The van der Waals surface area contributed by atoms with Crippen LogP contribution >= 0.6 is 0 Å². The number of carbonyl (C=O) groups excluding carboxylic acids is 3. The third-order valence-electron chi connectivity index (χ3n) is 4.09. The minimum atomic E-state index is -0.767. The molecule has 0 fully saturated rings. The van der Waals surface area contributed by atoms with Crippen molar-refractivity contribution in [3.63, 3.8) is 0 Å². The highest BCUT2D eigenvalue weighted by Gasteiger charge is 2.27. The molecule has 0 saturated heterocycles. The number of benzene rings is 2. The number of ether oxygens (including phenoxy) is 1. The van der Waals surface area contributed by atoms with Crippen LogP contribution in [0.25, 0.3) is 0 Å². The largest absolute Gasteiger partial charge is 0.497 e. The highest BCUT2D eigenvalue weighted by atomic mass is 16.5. The summed E-state index contributed by atoms with van der Waals surface area (Å²) in [7, 11) is 1.57. The number of para-hydroxylation sites is 1. The molecule has 1 aliphatic rings. The third kappa shape index (κ3) is 4.00. The number of nitrogens with one attached hydrogen (secondary N) is 3. The van der Waals surface area contributed by atoms with Gasteiger partial charge in [0, 0.05) is 12.1 Å². The Labute approximate surface area is 150 Å². The molecule has 0 spiro atoms. The molecule has 0 saturated carbocycles. The fourth-order valence-corrected chi connectivity index (χ4v) is 2.69. The molecule has 0 aliphatic carbocycles. The van der Waals surface area contributed by atoms with Crippen molar-refractivity contribution in [3.05, 3.63) is 54.1 Å². The fraction of sp³-hybridized carbons (Fsp3) is 0.211. The van der Waals surface area contributed by atoms with Crippen molar-refractivity contribution in [1.82, 2.24) is 5.32 Å². The molecule has 2 aromatic carbocycles. The molecule has 0 aromatic heterocycles. The number of fused-ring (bicyclic) bond motifs is 1. The van der Waals surface area contributed by atoms with Crippen LogP contribution in [0.5, 0.6) is 5.75 Å². The molecule has 1 heterocycles. The fourth-order valence-electron chi connectivity index (χ4n) is 2.69. The zero-order valence-corrected chi connectivity index (χ0v) is 14.2. The summed E-state index contributed by atoms with van der Waals surface area (Å²) in [5.41, 5.74) is 1.52. The highest BCUT2D eigenvalue weighted by molar-refractivity contribution is 6.09. The van der Waals surface area contributed by atoms with E-state index in [0.29, 0.717) is 22.7 Å². The Balaban J connectivity index is 1.58. The number of hydrogen-bond acceptors (Lipinski definition) is 4. The average Bonchev–Trinajstić information content (AvgIpc) is 2.77. The first-order valence-electron chi connectivity index (χ1n) is 8.21. The van der Waals surface area contributed by atoms with E-state index in [1.54, 1.807) is 55.6 Å². The Morgan fingerprint density at radius 3 is 2.58 bits per heavy atom. The molecule has 0 unspecified atom stereocenters. The average molecular weight is 353 g/mol. The molecule has 7 heteroatoms. The normalized spacial score (nSPS) is 16.0. The van der Waals surface area contributed by atoms with Gasteiger partial charge in [0.2, 0.25) is 11.8 Å². The number of anilines is 2. The van der Waals surface area contributed by atoms with Gasteiger partial charge in [0.1, 0.15) is 11.8 Å². The van der Waals surface area contributed by atoms with E-state index in [1.165, 1.54) is 0 Å². The van der Waals surface area contributed by atoms with E-state index in [1.807, 2.05) is 0 Å². The molecular formula is C19H19N3O4. The molecule has 134 valence electrons. The lowest BCUT2D eigenvalue weighted by Crippen LogP contribution is -2.41. The molecular weight excluding hydrogens is 334 g/mol. The van der Waals surface area contributed by atoms with Crippen LogP contribution in [0.3, 0.4) is 0 Å². The summed E-state index contributed by atoms with van der Waals surface area (Å²) < 4.78 is 5.06. The molecule has 3 rings (SSSR count). The van der Waals surface area contributed by atoms with E-state index in [4.69, 9.17) is 4.74 Å². The topological polar surface area (TPSA) is 96.5 Å². The quantitative estimate of drug-likeness (QED) is 0.767. The monoisotopic (exact) mass is 353 g/mol. The minimum absolute atomic E-state index is 0.0980. The van der Waals surface area contributed by atoms with Crippen molar-refractivity contribution in [2.24, 2.45) is 0 Å². The first-order valence-corrected chi connectivity index (χ1v) is 8.21. The summed E-state index contributed by atoms with van der Waals surface area (Å²) in [5, 5.41) is 8.15. The second kappa shape index (κ2) is 7.69. The van der Waals surface area contributed by atoms with Crippen molar-refractivity contribution in [3.8, 4) is 5.75 Å². The van der Waals surface area contributed by atoms with E-state index < -0.39 is 6.04 Å². The van der Waals surface area contributed by atoms with Gasteiger partial charge in [-0.2, -0.15) is 0 Å². The van der Waals surface area contributed by atoms with E-state index in [2.05, 4.69) is 16.0 Å². The predicted octanol–water partition coefficient (Wildman–Crippen LogP) is 2.16. The van der Waals surface area contributed by atoms with Gasteiger partial charge in [-0.3, -0.25) is 14.4 Å². The van der Waals surface area contributed by atoms with E-state index in [9.17, 15) is 14.4 Å². The predicted molar refractivity (Wildman–Crippen MR) is 97.2 cm³/mol. The van der Waals surface area contributed by atoms with E-state index in [0.717, 1.165) is 0 Å². The zero-order chi connectivity index (χ0) is 18.5. The Kier molecular flexibility index (Phi) is 5.17. The van der Waals surface area contributed by atoms with Gasteiger partial charge in [-0.15, -0.1) is 0 Å². The zero-order valence-electron chi connectivity index (χ0n) is 14.2. The van der Waals surface area contributed by atoms with Crippen LogP contribution in [0.2, 0.25) is 0 Å². The summed E-state index contributed by atoms with van der Waals surface area (Å²) in [6.45, 7) is 0. The maximum Gasteiger partial charge on any atom is 0.254 e. The second-order valence-electron chi connectivity index (χ2n) is 5.88. The van der Waals surface area contributed by atoms with Crippen LogP contribution in [-0.2, 0) is 9.59 Å². The van der Waals surface area contributed by atoms with Crippen LogP contribution in [-0.4, -0.2) is 30.9 Å². The summed E-state index contributed by atoms with van der Waals surface area (Å²) in [6, 6.07) is 13.0. The number of rotatable bonds is 5. The van der Waals surface area contributed by atoms with Crippen LogP contribution in [0.15, 0.2) is 48.5 Å². The van der Waals surface area contributed by atoms with Gasteiger partial charge in [-0.25, -0.2) is 0 Å². The summed E-state index contributed by atoms with van der Waals surface area (Å²) in [5.74, 6) is -0.209. The van der Waals surface area contributed by atoms with Gasteiger partial charge >= 0.3 is 0 Å². The SMILES string of the molecule is COc1ccc(NC(=O)CC[C@H]2NC(=O)c3ccccc3NC2=O)cc1. The Morgan fingerprint density at radius 1 is 1.12 bits per heavy atom. The van der Waals surface area contributed by atoms with Crippen molar-refractivity contribution in [2.45, 2.75) is 18.9 Å². The van der Waals surface area contributed by atoms with Crippen molar-refractivity contribution in [2.75, 3.05) is 17.7 Å². The van der Waals surface area contributed by atoms with Crippen molar-refractivity contribution >= 4 is 29.1 Å². The van der Waals surface area contributed by atoms with Crippen LogP contribution in [0.4, 0.5) is 11.4 Å². The highest BCUT2D eigenvalue weighted by Crippen LogP contribution is 2.20. The number of hydrogen-bond donors (Lipinski definition) is 3. The smallest absolute Gasteiger partial charge is 0.254 e. The lowest BCUT2D eigenvalue weighted by Gasteiger charge is -2.14. The van der Waals surface area contributed by atoms with E-state index >= 15 is 0 Å². The first-order chi connectivity index (χ1) is 12.6. The molecule has 1 atom stereocenters.